The molecule has 3 aromatic rings. The number of benzene rings is 1. The van der Waals surface area contributed by atoms with Crippen LogP contribution in [0.25, 0.3) is 11.1 Å². The maximum atomic E-state index is 11.7. The SMILES string of the molecule is CCc1nc(SCc2ccoc2C(=O)OC)nc(N)c1-c1ccc(Cl)cc1. The van der Waals surface area contributed by atoms with Gasteiger partial charge >= 0.3 is 5.97 Å². The zero-order chi connectivity index (χ0) is 19.4. The minimum absolute atomic E-state index is 0.187. The molecule has 2 N–H and O–H groups in total. The molecule has 140 valence electrons. The van der Waals surface area contributed by atoms with Gasteiger partial charge in [0.15, 0.2) is 5.16 Å². The van der Waals surface area contributed by atoms with E-state index in [4.69, 9.17) is 26.5 Å². The van der Waals surface area contributed by atoms with Crippen molar-refractivity contribution in [1.29, 1.82) is 0 Å². The fourth-order valence-electron chi connectivity index (χ4n) is 2.62. The number of halogens is 1. The number of aryl methyl sites for hydroxylation is 1. The van der Waals surface area contributed by atoms with Crippen molar-refractivity contribution in [2.75, 3.05) is 12.8 Å². The molecule has 0 radical (unpaired) electrons. The molecular formula is C19H18ClN3O3S. The second-order valence-electron chi connectivity index (χ2n) is 5.63. The highest BCUT2D eigenvalue weighted by Crippen LogP contribution is 2.32. The van der Waals surface area contributed by atoms with Gasteiger partial charge in [-0.25, -0.2) is 14.8 Å². The molecule has 6 nitrogen and oxygen atoms in total. The molecule has 0 saturated heterocycles. The number of carbonyl (C=O) groups is 1. The highest BCUT2D eigenvalue weighted by atomic mass is 35.5. The number of hydrogen-bond donors (Lipinski definition) is 1. The number of methoxy groups -OCH3 is 1. The quantitative estimate of drug-likeness (QED) is 0.365. The third-order valence-electron chi connectivity index (χ3n) is 3.93. The Bertz CT molecular complexity index is 957. The fourth-order valence-corrected chi connectivity index (χ4v) is 3.59. The van der Waals surface area contributed by atoms with Crippen LogP contribution in [0.15, 0.2) is 46.2 Å². The summed E-state index contributed by atoms with van der Waals surface area (Å²) in [5.74, 6) is 0.547. The molecule has 3 rings (SSSR count). The lowest BCUT2D eigenvalue weighted by atomic mass is 10.0. The van der Waals surface area contributed by atoms with E-state index in [9.17, 15) is 4.79 Å². The average molecular weight is 404 g/mol. The van der Waals surface area contributed by atoms with E-state index in [2.05, 4.69) is 9.97 Å². The molecule has 0 atom stereocenters. The summed E-state index contributed by atoms with van der Waals surface area (Å²) in [4.78, 5) is 20.8. The van der Waals surface area contributed by atoms with Crippen molar-refractivity contribution in [3.05, 3.63) is 58.6 Å². The van der Waals surface area contributed by atoms with E-state index < -0.39 is 5.97 Å². The Hall–Kier alpha value is -2.51. The van der Waals surface area contributed by atoms with Crippen molar-refractivity contribution < 1.29 is 13.9 Å². The molecule has 0 saturated carbocycles. The van der Waals surface area contributed by atoms with Crippen LogP contribution in [0.2, 0.25) is 5.02 Å². The molecule has 0 spiro atoms. The molecule has 0 aliphatic carbocycles. The van der Waals surface area contributed by atoms with E-state index in [-0.39, 0.29) is 5.76 Å². The summed E-state index contributed by atoms with van der Waals surface area (Å²) in [6, 6.07) is 9.15. The fraction of sp³-hybridized carbons (Fsp3) is 0.211. The van der Waals surface area contributed by atoms with Gasteiger partial charge in [0.05, 0.1) is 19.1 Å². The Labute approximate surface area is 166 Å². The zero-order valence-electron chi connectivity index (χ0n) is 14.9. The van der Waals surface area contributed by atoms with Gasteiger partial charge in [0, 0.05) is 21.9 Å². The summed E-state index contributed by atoms with van der Waals surface area (Å²) < 4.78 is 9.91. The topological polar surface area (TPSA) is 91.2 Å². The molecule has 1 aromatic carbocycles. The highest BCUT2D eigenvalue weighted by molar-refractivity contribution is 7.98. The van der Waals surface area contributed by atoms with E-state index in [0.717, 1.165) is 16.8 Å². The van der Waals surface area contributed by atoms with Crippen LogP contribution in [0.5, 0.6) is 0 Å². The van der Waals surface area contributed by atoms with Crippen LogP contribution in [0.3, 0.4) is 0 Å². The molecule has 0 bridgehead atoms. The number of thioether (sulfide) groups is 1. The molecule has 2 aromatic heterocycles. The standard InChI is InChI=1S/C19H18ClN3O3S/c1-3-14-15(11-4-6-13(20)7-5-11)17(21)23-19(22-14)27-10-12-8-9-26-16(12)18(24)25-2/h4-9H,3,10H2,1-2H3,(H2,21,22,23). The number of nitrogens with zero attached hydrogens (tertiary/aromatic N) is 2. The molecule has 8 heteroatoms. The van der Waals surface area contributed by atoms with Crippen LogP contribution in [0, 0.1) is 0 Å². The normalized spacial score (nSPS) is 10.8. The first kappa shape index (κ1) is 19.3. The maximum Gasteiger partial charge on any atom is 0.374 e. The number of hydrogen-bond acceptors (Lipinski definition) is 7. The lowest BCUT2D eigenvalue weighted by Gasteiger charge is -2.12. The molecule has 0 amide bonds. The second-order valence-corrected chi connectivity index (χ2v) is 7.01. The Balaban J connectivity index is 1.86. The average Bonchev–Trinajstić information content (AvgIpc) is 3.15. The largest absolute Gasteiger partial charge is 0.463 e. The summed E-state index contributed by atoms with van der Waals surface area (Å²) in [7, 11) is 1.31. The van der Waals surface area contributed by atoms with Crippen molar-refractivity contribution in [3.63, 3.8) is 0 Å². The minimum atomic E-state index is -0.511. The lowest BCUT2D eigenvalue weighted by molar-refractivity contribution is 0.0564. The summed E-state index contributed by atoms with van der Waals surface area (Å²) in [5, 5.41) is 1.20. The Kier molecular flexibility index (Phi) is 6.03. The van der Waals surface area contributed by atoms with Crippen molar-refractivity contribution >= 4 is 35.1 Å². The number of aromatic nitrogens is 2. The first-order valence-electron chi connectivity index (χ1n) is 8.23. The Morgan fingerprint density at radius 1 is 1.26 bits per heavy atom. The molecule has 0 fully saturated rings. The molecule has 0 aliphatic rings. The smallest absolute Gasteiger partial charge is 0.374 e. The molecule has 2 heterocycles. The molecule has 0 aliphatic heterocycles. The number of rotatable bonds is 6. The van der Waals surface area contributed by atoms with Crippen molar-refractivity contribution in [1.82, 2.24) is 9.97 Å². The van der Waals surface area contributed by atoms with E-state index in [1.54, 1.807) is 6.07 Å². The van der Waals surface area contributed by atoms with Gasteiger partial charge < -0.3 is 14.9 Å². The number of esters is 1. The first-order chi connectivity index (χ1) is 13.0. The van der Waals surface area contributed by atoms with Gasteiger partial charge in [-0.05, 0) is 30.2 Å². The number of ether oxygens (including phenoxy) is 1. The van der Waals surface area contributed by atoms with Gasteiger partial charge in [0.1, 0.15) is 5.82 Å². The van der Waals surface area contributed by atoms with Gasteiger partial charge in [-0.3, -0.25) is 0 Å². The number of nitrogens with two attached hydrogens (primary N) is 1. The van der Waals surface area contributed by atoms with E-state index in [1.165, 1.54) is 25.1 Å². The highest BCUT2D eigenvalue weighted by Gasteiger charge is 2.18. The third kappa shape index (κ3) is 4.26. The van der Waals surface area contributed by atoms with E-state index in [1.807, 2.05) is 31.2 Å². The van der Waals surface area contributed by atoms with E-state index in [0.29, 0.717) is 33.7 Å². The van der Waals surface area contributed by atoms with Crippen LogP contribution in [-0.4, -0.2) is 23.0 Å². The predicted molar refractivity (Wildman–Crippen MR) is 106 cm³/mol. The molecule has 0 unspecified atom stereocenters. The Morgan fingerprint density at radius 2 is 2.00 bits per heavy atom. The van der Waals surface area contributed by atoms with E-state index >= 15 is 0 Å². The predicted octanol–water partition coefficient (Wildman–Crippen LogP) is 4.61. The van der Waals surface area contributed by atoms with Gasteiger partial charge in [-0.2, -0.15) is 0 Å². The third-order valence-corrected chi connectivity index (χ3v) is 5.08. The van der Waals surface area contributed by atoms with Gasteiger partial charge in [0.2, 0.25) is 5.76 Å². The van der Waals surface area contributed by atoms with Crippen LogP contribution in [-0.2, 0) is 16.9 Å². The van der Waals surface area contributed by atoms with Gasteiger partial charge in [0.25, 0.3) is 0 Å². The summed E-state index contributed by atoms with van der Waals surface area (Å²) in [5.41, 5.74) is 9.54. The second kappa shape index (κ2) is 8.45. The molecular weight excluding hydrogens is 386 g/mol. The van der Waals surface area contributed by atoms with Crippen LogP contribution < -0.4 is 5.73 Å². The van der Waals surface area contributed by atoms with Crippen LogP contribution in [0.4, 0.5) is 5.82 Å². The molecule has 27 heavy (non-hydrogen) atoms. The van der Waals surface area contributed by atoms with Crippen molar-refractivity contribution in [2.45, 2.75) is 24.3 Å². The summed E-state index contributed by atoms with van der Waals surface area (Å²) in [6.07, 6.45) is 2.16. The number of furan rings is 1. The first-order valence-corrected chi connectivity index (χ1v) is 9.59. The summed E-state index contributed by atoms with van der Waals surface area (Å²) in [6.45, 7) is 2.01. The van der Waals surface area contributed by atoms with Crippen LogP contribution >= 0.6 is 23.4 Å². The minimum Gasteiger partial charge on any atom is -0.463 e. The van der Waals surface area contributed by atoms with Gasteiger partial charge in [-0.1, -0.05) is 42.4 Å². The van der Waals surface area contributed by atoms with Gasteiger partial charge in [-0.15, -0.1) is 0 Å². The van der Waals surface area contributed by atoms with Crippen LogP contribution in [0.1, 0.15) is 28.7 Å². The summed E-state index contributed by atoms with van der Waals surface area (Å²) >= 11 is 7.35. The lowest BCUT2D eigenvalue weighted by Crippen LogP contribution is -2.05. The number of nitrogen functional groups attached to an aromatic ring is 1. The number of carbonyl (C=O) groups excluding carboxylic acids is 1. The zero-order valence-corrected chi connectivity index (χ0v) is 16.4. The Morgan fingerprint density at radius 3 is 2.67 bits per heavy atom. The van der Waals surface area contributed by atoms with Crippen molar-refractivity contribution in [2.24, 2.45) is 0 Å². The monoisotopic (exact) mass is 403 g/mol. The number of anilines is 1. The maximum absolute atomic E-state index is 11.7. The van der Waals surface area contributed by atoms with Crippen molar-refractivity contribution in [3.8, 4) is 11.1 Å².